The predicted molar refractivity (Wildman–Crippen MR) is 86.5 cm³/mol. The summed E-state index contributed by atoms with van der Waals surface area (Å²) < 4.78 is 1.08. The number of rotatable bonds is 1. The number of hydrogen-bond acceptors (Lipinski definition) is 1. The minimum absolute atomic E-state index is 0.721. The number of halogens is 1. The second-order valence-corrected chi connectivity index (χ2v) is 5.69. The first kappa shape index (κ1) is 12.9. The molecule has 0 aliphatic carbocycles. The molecule has 0 aromatic heterocycles. The van der Waals surface area contributed by atoms with Crippen molar-refractivity contribution in [2.75, 3.05) is 0 Å². The molecule has 0 unspecified atom stereocenters. The molecule has 3 aromatic carbocycles. The summed E-state index contributed by atoms with van der Waals surface area (Å²) in [6.07, 6.45) is 0. The van der Waals surface area contributed by atoms with Gasteiger partial charge in [0.25, 0.3) is 0 Å². The van der Waals surface area contributed by atoms with Crippen LogP contribution < -0.4 is 0 Å². The van der Waals surface area contributed by atoms with Crippen LogP contribution in [0.4, 0.5) is 0 Å². The minimum Gasteiger partial charge on any atom is -0.192 e. The van der Waals surface area contributed by atoms with Crippen LogP contribution in [0.2, 0.25) is 0 Å². The Bertz CT molecular complexity index is 844. The molecule has 0 heterocycles. The Morgan fingerprint density at radius 2 is 1.60 bits per heavy atom. The molecule has 0 spiro atoms. The van der Waals surface area contributed by atoms with Crippen LogP contribution in [-0.4, -0.2) is 0 Å². The van der Waals surface area contributed by atoms with E-state index in [0.717, 1.165) is 20.8 Å². The Morgan fingerprint density at radius 3 is 2.30 bits per heavy atom. The van der Waals surface area contributed by atoms with Gasteiger partial charge in [-0.1, -0.05) is 52.3 Å². The molecule has 2 heteroatoms. The Balaban J connectivity index is 2.35. The largest absolute Gasteiger partial charge is 0.192 e. The van der Waals surface area contributed by atoms with Gasteiger partial charge in [-0.15, -0.1) is 0 Å². The third kappa shape index (κ3) is 2.11. The smallest absolute Gasteiger partial charge is 0.0998 e. The highest BCUT2D eigenvalue weighted by molar-refractivity contribution is 9.10. The Hall–Kier alpha value is -2.11. The second-order valence-electron chi connectivity index (χ2n) is 4.78. The summed E-state index contributed by atoms with van der Waals surface area (Å²) in [5.74, 6) is 0. The first-order valence-electron chi connectivity index (χ1n) is 6.39. The van der Waals surface area contributed by atoms with Crippen molar-refractivity contribution in [2.45, 2.75) is 6.92 Å². The predicted octanol–water partition coefficient (Wildman–Crippen LogP) is 5.45. The second kappa shape index (κ2) is 5.11. The van der Waals surface area contributed by atoms with Crippen molar-refractivity contribution in [3.63, 3.8) is 0 Å². The SMILES string of the molecule is Cc1cc(Br)ccc1-c1ccc(C#N)c2ccccc12. The van der Waals surface area contributed by atoms with Crippen LogP contribution in [0.15, 0.2) is 59.1 Å². The number of benzene rings is 3. The lowest BCUT2D eigenvalue weighted by atomic mass is 9.93. The van der Waals surface area contributed by atoms with Crippen molar-refractivity contribution in [2.24, 2.45) is 0 Å². The summed E-state index contributed by atoms with van der Waals surface area (Å²) in [4.78, 5) is 0. The van der Waals surface area contributed by atoms with Crippen molar-refractivity contribution >= 4 is 26.7 Å². The highest BCUT2D eigenvalue weighted by Gasteiger charge is 2.09. The molecule has 0 aliphatic heterocycles. The zero-order chi connectivity index (χ0) is 14.1. The quantitative estimate of drug-likeness (QED) is 0.584. The fourth-order valence-electron chi connectivity index (χ4n) is 2.56. The molecule has 0 N–H and O–H groups in total. The maximum atomic E-state index is 9.23. The van der Waals surface area contributed by atoms with E-state index in [4.69, 9.17) is 0 Å². The third-order valence-corrected chi connectivity index (χ3v) is 4.02. The molecule has 0 saturated carbocycles. The van der Waals surface area contributed by atoms with Crippen LogP contribution in [0, 0.1) is 18.3 Å². The van der Waals surface area contributed by atoms with Gasteiger partial charge < -0.3 is 0 Å². The van der Waals surface area contributed by atoms with E-state index in [1.807, 2.05) is 30.3 Å². The summed E-state index contributed by atoms with van der Waals surface area (Å²) in [5, 5.41) is 11.4. The van der Waals surface area contributed by atoms with E-state index < -0.39 is 0 Å². The van der Waals surface area contributed by atoms with E-state index in [9.17, 15) is 5.26 Å². The molecule has 1 nitrogen and oxygen atoms in total. The summed E-state index contributed by atoms with van der Waals surface area (Å²) in [5.41, 5.74) is 4.31. The van der Waals surface area contributed by atoms with E-state index in [0.29, 0.717) is 0 Å². The maximum absolute atomic E-state index is 9.23. The molecule has 0 radical (unpaired) electrons. The topological polar surface area (TPSA) is 23.8 Å². The average molecular weight is 322 g/mol. The van der Waals surface area contributed by atoms with Gasteiger partial charge >= 0.3 is 0 Å². The Kier molecular flexibility index (Phi) is 3.30. The summed E-state index contributed by atoms with van der Waals surface area (Å²) in [6.45, 7) is 2.10. The maximum Gasteiger partial charge on any atom is 0.0998 e. The molecule has 0 amide bonds. The number of nitriles is 1. The van der Waals surface area contributed by atoms with Gasteiger partial charge in [0.2, 0.25) is 0 Å². The molecule has 0 aliphatic rings. The van der Waals surface area contributed by atoms with Crippen molar-refractivity contribution < 1.29 is 0 Å². The number of nitrogens with zero attached hydrogens (tertiary/aromatic N) is 1. The Morgan fingerprint density at radius 1 is 0.900 bits per heavy atom. The van der Waals surface area contributed by atoms with Gasteiger partial charge in [0.15, 0.2) is 0 Å². The van der Waals surface area contributed by atoms with E-state index in [1.54, 1.807) is 0 Å². The zero-order valence-electron chi connectivity index (χ0n) is 11.0. The van der Waals surface area contributed by atoms with E-state index in [-0.39, 0.29) is 0 Å². The molecule has 3 aromatic rings. The molecular weight excluding hydrogens is 310 g/mol. The zero-order valence-corrected chi connectivity index (χ0v) is 12.6. The van der Waals surface area contributed by atoms with Crippen molar-refractivity contribution in [3.8, 4) is 17.2 Å². The number of fused-ring (bicyclic) bond motifs is 1. The highest BCUT2D eigenvalue weighted by atomic mass is 79.9. The van der Waals surface area contributed by atoms with Gasteiger partial charge in [0.1, 0.15) is 0 Å². The van der Waals surface area contributed by atoms with Crippen LogP contribution in [0.1, 0.15) is 11.1 Å². The molecule has 96 valence electrons. The van der Waals surface area contributed by atoms with Gasteiger partial charge in [0, 0.05) is 9.86 Å². The fourth-order valence-corrected chi connectivity index (χ4v) is 3.04. The van der Waals surface area contributed by atoms with Gasteiger partial charge in [0.05, 0.1) is 11.6 Å². The van der Waals surface area contributed by atoms with Crippen LogP contribution >= 0.6 is 15.9 Å². The lowest BCUT2D eigenvalue weighted by Gasteiger charge is -2.11. The van der Waals surface area contributed by atoms with Crippen LogP contribution in [0.25, 0.3) is 21.9 Å². The van der Waals surface area contributed by atoms with E-state index in [2.05, 4.69) is 53.2 Å². The highest BCUT2D eigenvalue weighted by Crippen LogP contribution is 2.33. The monoisotopic (exact) mass is 321 g/mol. The number of aryl methyl sites for hydroxylation is 1. The molecule has 20 heavy (non-hydrogen) atoms. The normalized spacial score (nSPS) is 10.4. The van der Waals surface area contributed by atoms with Gasteiger partial charge in [-0.05, 0) is 47.2 Å². The number of hydrogen-bond donors (Lipinski definition) is 0. The van der Waals surface area contributed by atoms with Crippen molar-refractivity contribution in [1.29, 1.82) is 5.26 Å². The van der Waals surface area contributed by atoms with Gasteiger partial charge in [-0.2, -0.15) is 5.26 Å². The molecule has 0 fully saturated rings. The molecule has 0 saturated heterocycles. The van der Waals surface area contributed by atoms with Crippen molar-refractivity contribution in [3.05, 3.63) is 70.2 Å². The van der Waals surface area contributed by atoms with Crippen molar-refractivity contribution in [1.82, 2.24) is 0 Å². The third-order valence-electron chi connectivity index (χ3n) is 3.52. The lowest BCUT2D eigenvalue weighted by molar-refractivity contribution is 1.44. The lowest BCUT2D eigenvalue weighted by Crippen LogP contribution is -1.88. The minimum atomic E-state index is 0.721. The summed E-state index contributed by atoms with van der Waals surface area (Å²) >= 11 is 3.50. The fraction of sp³-hybridized carbons (Fsp3) is 0.0556. The van der Waals surface area contributed by atoms with Gasteiger partial charge in [-0.3, -0.25) is 0 Å². The van der Waals surface area contributed by atoms with E-state index >= 15 is 0 Å². The van der Waals surface area contributed by atoms with Gasteiger partial charge in [-0.25, -0.2) is 0 Å². The Labute approximate surface area is 126 Å². The first-order chi connectivity index (χ1) is 9.70. The molecule has 0 bridgehead atoms. The van der Waals surface area contributed by atoms with Crippen LogP contribution in [0.5, 0.6) is 0 Å². The van der Waals surface area contributed by atoms with Crippen LogP contribution in [-0.2, 0) is 0 Å². The summed E-state index contributed by atoms with van der Waals surface area (Å²) in [6, 6.07) is 20.6. The summed E-state index contributed by atoms with van der Waals surface area (Å²) in [7, 11) is 0. The molecular formula is C18H12BrN. The average Bonchev–Trinajstić information content (AvgIpc) is 2.47. The molecule has 0 atom stereocenters. The van der Waals surface area contributed by atoms with Crippen LogP contribution in [0.3, 0.4) is 0 Å². The molecule has 3 rings (SSSR count). The van der Waals surface area contributed by atoms with E-state index in [1.165, 1.54) is 16.7 Å². The first-order valence-corrected chi connectivity index (χ1v) is 7.18. The standard InChI is InChI=1S/C18H12BrN/c1-12-10-14(19)7-9-15(12)18-8-6-13(11-20)16-4-2-3-5-17(16)18/h2-10H,1H3.